The zero-order valence-corrected chi connectivity index (χ0v) is 10.4. The van der Waals surface area contributed by atoms with Crippen molar-refractivity contribution in [1.82, 2.24) is 4.90 Å². The second kappa shape index (κ2) is 4.00. The Morgan fingerprint density at radius 2 is 2.41 bits per heavy atom. The van der Waals surface area contributed by atoms with E-state index in [4.69, 9.17) is 10.5 Å². The van der Waals surface area contributed by atoms with Gasteiger partial charge in [0.1, 0.15) is 0 Å². The summed E-state index contributed by atoms with van der Waals surface area (Å²) in [5, 5.41) is 0. The second-order valence-electron chi connectivity index (χ2n) is 5.41. The van der Waals surface area contributed by atoms with Gasteiger partial charge in [0.15, 0.2) is 0 Å². The van der Waals surface area contributed by atoms with Gasteiger partial charge in [-0.05, 0) is 30.0 Å². The molecule has 3 rings (SSSR count). The van der Waals surface area contributed by atoms with Crippen molar-refractivity contribution in [3.63, 3.8) is 0 Å². The number of fused-ring (bicyclic) bond motifs is 1. The number of ether oxygens (including phenoxy) is 1. The zero-order valence-electron chi connectivity index (χ0n) is 10.4. The number of hydrogen-bond donors (Lipinski definition) is 1. The molecule has 3 nitrogen and oxygen atoms in total. The molecular weight excluding hydrogens is 212 g/mol. The molecule has 0 aromatic heterocycles. The molecule has 1 aromatic rings. The van der Waals surface area contributed by atoms with E-state index >= 15 is 0 Å². The van der Waals surface area contributed by atoms with Crippen LogP contribution < -0.4 is 5.73 Å². The van der Waals surface area contributed by atoms with Crippen LogP contribution in [0.3, 0.4) is 0 Å². The standard InChI is InChI=1S/C14H20N2O/c1-17-6-5-16-9-12-8-14(12,10-16)11-3-2-4-13(15)7-11/h2-4,7,12H,5-6,8-10,15H2,1H3/t12-,14+/m0/s1. The normalized spacial score (nSPS) is 31.5. The molecule has 1 saturated carbocycles. The van der Waals surface area contributed by atoms with Crippen LogP contribution in [0.4, 0.5) is 5.69 Å². The van der Waals surface area contributed by atoms with E-state index in [1.54, 1.807) is 7.11 Å². The summed E-state index contributed by atoms with van der Waals surface area (Å²) in [7, 11) is 1.77. The van der Waals surface area contributed by atoms with Gasteiger partial charge in [0, 0.05) is 37.8 Å². The fraction of sp³-hybridized carbons (Fsp3) is 0.571. The van der Waals surface area contributed by atoms with Gasteiger partial charge in [-0.2, -0.15) is 0 Å². The molecule has 0 unspecified atom stereocenters. The lowest BCUT2D eigenvalue weighted by molar-refractivity contribution is 0.153. The Balaban J connectivity index is 1.73. The summed E-state index contributed by atoms with van der Waals surface area (Å²) in [4.78, 5) is 2.51. The first-order valence-electron chi connectivity index (χ1n) is 6.32. The maximum Gasteiger partial charge on any atom is 0.0589 e. The molecule has 0 bridgehead atoms. The highest BCUT2D eigenvalue weighted by molar-refractivity contribution is 5.47. The number of benzene rings is 1. The van der Waals surface area contributed by atoms with Crippen LogP contribution in [-0.2, 0) is 10.2 Å². The number of nitrogens with zero attached hydrogens (tertiary/aromatic N) is 1. The van der Waals surface area contributed by atoms with E-state index < -0.39 is 0 Å². The van der Waals surface area contributed by atoms with Crippen LogP contribution in [0.25, 0.3) is 0 Å². The third-order valence-electron chi connectivity index (χ3n) is 4.29. The van der Waals surface area contributed by atoms with E-state index in [1.807, 2.05) is 6.07 Å². The molecule has 1 aliphatic heterocycles. The highest BCUT2D eigenvalue weighted by Gasteiger charge is 2.60. The first-order chi connectivity index (χ1) is 8.24. The molecule has 1 aromatic carbocycles. The van der Waals surface area contributed by atoms with E-state index in [0.717, 1.165) is 24.8 Å². The molecule has 2 fully saturated rings. The van der Waals surface area contributed by atoms with Gasteiger partial charge >= 0.3 is 0 Å². The maximum absolute atomic E-state index is 5.88. The molecule has 3 heteroatoms. The molecule has 0 spiro atoms. The van der Waals surface area contributed by atoms with Crippen LogP contribution in [0.15, 0.2) is 24.3 Å². The van der Waals surface area contributed by atoms with E-state index in [9.17, 15) is 0 Å². The van der Waals surface area contributed by atoms with Crippen LogP contribution in [0.5, 0.6) is 0 Å². The summed E-state index contributed by atoms with van der Waals surface area (Å²) in [6.45, 7) is 4.28. The number of nitrogen functional groups attached to an aromatic ring is 1. The third kappa shape index (κ3) is 1.83. The van der Waals surface area contributed by atoms with Gasteiger partial charge in [0.25, 0.3) is 0 Å². The van der Waals surface area contributed by atoms with Crippen molar-refractivity contribution in [3.8, 4) is 0 Å². The topological polar surface area (TPSA) is 38.5 Å². The van der Waals surface area contributed by atoms with Crippen LogP contribution >= 0.6 is 0 Å². The molecule has 0 amide bonds. The van der Waals surface area contributed by atoms with Crippen molar-refractivity contribution in [1.29, 1.82) is 0 Å². The van der Waals surface area contributed by atoms with Crippen LogP contribution in [0.1, 0.15) is 12.0 Å². The van der Waals surface area contributed by atoms with E-state index in [-0.39, 0.29) is 0 Å². The first kappa shape index (κ1) is 11.1. The summed E-state index contributed by atoms with van der Waals surface area (Å²) in [6.07, 6.45) is 1.33. The average molecular weight is 232 g/mol. The van der Waals surface area contributed by atoms with Gasteiger partial charge in [-0.15, -0.1) is 0 Å². The van der Waals surface area contributed by atoms with Crippen LogP contribution in [0.2, 0.25) is 0 Å². The highest BCUT2D eigenvalue weighted by atomic mass is 16.5. The van der Waals surface area contributed by atoms with Crippen molar-refractivity contribution < 1.29 is 4.74 Å². The van der Waals surface area contributed by atoms with Gasteiger partial charge in [-0.1, -0.05) is 12.1 Å². The number of hydrogen-bond acceptors (Lipinski definition) is 3. The number of nitrogens with two attached hydrogens (primary N) is 1. The Morgan fingerprint density at radius 1 is 1.53 bits per heavy atom. The summed E-state index contributed by atoms with van der Waals surface area (Å²) >= 11 is 0. The van der Waals surface area contributed by atoms with Gasteiger partial charge in [0.05, 0.1) is 6.61 Å². The quantitative estimate of drug-likeness (QED) is 0.799. The Hall–Kier alpha value is -1.06. The average Bonchev–Trinajstić information content (AvgIpc) is 2.90. The van der Waals surface area contributed by atoms with Crippen LogP contribution in [0, 0.1) is 5.92 Å². The summed E-state index contributed by atoms with van der Waals surface area (Å²) in [5.41, 5.74) is 8.61. The fourth-order valence-electron chi connectivity index (χ4n) is 3.27. The third-order valence-corrected chi connectivity index (χ3v) is 4.29. The first-order valence-corrected chi connectivity index (χ1v) is 6.32. The Bertz CT molecular complexity index is 420. The molecule has 1 saturated heterocycles. The number of methoxy groups -OCH3 is 1. The fourth-order valence-corrected chi connectivity index (χ4v) is 3.27. The van der Waals surface area contributed by atoms with E-state index in [2.05, 4.69) is 23.1 Å². The molecule has 92 valence electrons. The zero-order chi connectivity index (χ0) is 11.9. The summed E-state index contributed by atoms with van der Waals surface area (Å²) in [5.74, 6) is 0.834. The van der Waals surface area contributed by atoms with Gasteiger partial charge in [-0.25, -0.2) is 0 Å². The molecule has 2 atom stereocenters. The lowest BCUT2D eigenvalue weighted by Crippen LogP contribution is -2.29. The number of piperidine rings is 1. The van der Waals surface area contributed by atoms with E-state index in [0.29, 0.717) is 5.41 Å². The predicted molar refractivity (Wildman–Crippen MR) is 69.0 cm³/mol. The van der Waals surface area contributed by atoms with E-state index in [1.165, 1.54) is 25.1 Å². The number of likely N-dealkylation sites (tertiary alicyclic amines) is 1. The molecule has 2 N–H and O–H groups in total. The lowest BCUT2D eigenvalue weighted by atomic mass is 9.94. The predicted octanol–water partition coefficient (Wildman–Crippen LogP) is 1.49. The number of anilines is 1. The van der Waals surface area contributed by atoms with Gasteiger partial charge in [0.2, 0.25) is 0 Å². The summed E-state index contributed by atoms with van der Waals surface area (Å²) in [6, 6.07) is 8.43. The molecule has 1 aliphatic carbocycles. The minimum atomic E-state index is 0.406. The SMILES string of the molecule is COCCN1C[C@@H]2C[C@]2(c2cccc(N)c2)C1. The van der Waals surface area contributed by atoms with Crippen LogP contribution in [-0.4, -0.2) is 38.3 Å². The van der Waals surface area contributed by atoms with Gasteiger partial charge < -0.3 is 10.5 Å². The Labute approximate surface area is 103 Å². The summed E-state index contributed by atoms with van der Waals surface area (Å²) < 4.78 is 5.15. The van der Waals surface area contributed by atoms with Crippen molar-refractivity contribution in [3.05, 3.63) is 29.8 Å². The van der Waals surface area contributed by atoms with Gasteiger partial charge in [-0.3, -0.25) is 4.90 Å². The largest absolute Gasteiger partial charge is 0.399 e. The molecule has 2 aliphatic rings. The second-order valence-corrected chi connectivity index (χ2v) is 5.41. The van der Waals surface area contributed by atoms with Crippen molar-refractivity contribution >= 4 is 5.69 Å². The smallest absolute Gasteiger partial charge is 0.0589 e. The van der Waals surface area contributed by atoms with Crippen molar-refractivity contribution in [2.24, 2.45) is 5.92 Å². The monoisotopic (exact) mass is 232 g/mol. The van der Waals surface area contributed by atoms with Crippen molar-refractivity contribution in [2.45, 2.75) is 11.8 Å². The number of rotatable bonds is 4. The molecule has 1 heterocycles. The maximum atomic E-state index is 5.88. The molecular formula is C14H20N2O. The minimum absolute atomic E-state index is 0.406. The lowest BCUT2D eigenvalue weighted by Gasteiger charge is -2.20. The van der Waals surface area contributed by atoms with Crippen molar-refractivity contribution in [2.75, 3.05) is 39.1 Å². The highest BCUT2D eigenvalue weighted by Crippen LogP contribution is 2.59. The molecule has 17 heavy (non-hydrogen) atoms. The molecule has 0 radical (unpaired) electrons. The minimum Gasteiger partial charge on any atom is -0.399 e. The Kier molecular flexibility index (Phi) is 2.60. The Morgan fingerprint density at radius 3 is 3.18 bits per heavy atom.